The summed E-state index contributed by atoms with van der Waals surface area (Å²) in [6.07, 6.45) is 4.31. The maximum absolute atomic E-state index is 11.6. The number of amides is 1. The molecule has 1 rings (SSSR count). The third-order valence-electron chi connectivity index (χ3n) is 2.70. The average molecular weight is 214 g/mol. The zero-order chi connectivity index (χ0) is 11.1. The molecule has 0 spiro atoms. The number of carbonyl (C=O) groups is 1. The van der Waals surface area contributed by atoms with Gasteiger partial charge in [-0.2, -0.15) is 0 Å². The minimum absolute atomic E-state index is 0.0828. The van der Waals surface area contributed by atoms with E-state index in [2.05, 4.69) is 6.92 Å². The first-order valence-electron chi connectivity index (χ1n) is 5.85. The third-order valence-corrected chi connectivity index (χ3v) is 2.70. The van der Waals surface area contributed by atoms with Crippen molar-refractivity contribution in [2.75, 3.05) is 26.3 Å². The van der Waals surface area contributed by atoms with Crippen LogP contribution in [0.5, 0.6) is 0 Å². The quantitative estimate of drug-likeness (QED) is 0.664. The first-order chi connectivity index (χ1) is 7.24. The summed E-state index contributed by atoms with van der Waals surface area (Å²) in [4.78, 5) is 13.4. The summed E-state index contributed by atoms with van der Waals surface area (Å²) in [6, 6.07) is 0.161. The van der Waals surface area contributed by atoms with E-state index in [0.29, 0.717) is 13.2 Å². The van der Waals surface area contributed by atoms with Crippen LogP contribution in [0.4, 0.5) is 0 Å². The number of nitrogens with zero attached hydrogens (tertiary/aromatic N) is 1. The van der Waals surface area contributed by atoms with E-state index in [4.69, 9.17) is 10.5 Å². The summed E-state index contributed by atoms with van der Waals surface area (Å²) < 4.78 is 5.31. The van der Waals surface area contributed by atoms with Gasteiger partial charge >= 0.3 is 0 Å². The van der Waals surface area contributed by atoms with Gasteiger partial charge in [-0.3, -0.25) is 4.79 Å². The summed E-state index contributed by atoms with van der Waals surface area (Å²) >= 11 is 0. The molecule has 1 fully saturated rings. The second-order valence-corrected chi connectivity index (χ2v) is 4.15. The topological polar surface area (TPSA) is 55.6 Å². The Morgan fingerprint density at radius 2 is 2.33 bits per heavy atom. The molecule has 0 saturated carbocycles. The predicted octanol–water partition coefficient (Wildman–Crippen LogP) is 0.753. The van der Waals surface area contributed by atoms with Gasteiger partial charge in [0.05, 0.1) is 0 Å². The molecule has 4 nitrogen and oxygen atoms in total. The number of likely N-dealkylation sites (tertiary alicyclic amines) is 1. The van der Waals surface area contributed by atoms with Gasteiger partial charge in [0.1, 0.15) is 6.61 Å². The van der Waals surface area contributed by atoms with E-state index in [-0.39, 0.29) is 18.6 Å². The highest BCUT2D eigenvalue weighted by molar-refractivity contribution is 5.77. The van der Waals surface area contributed by atoms with Crippen LogP contribution in [-0.2, 0) is 9.53 Å². The molecule has 0 radical (unpaired) electrons. The van der Waals surface area contributed by atoms with Gasteiger partial charge in [0, 0.05) is 25.7 Å². The summed E-state index contributed by atoms with van der Waals surface area (Å²) in [5.41, 5.74) is 5.72. The van der Waals surface area contributed by atoms with E-state index in [0.717, 1.165) is 19.4 Å². The van der Waals surface area contributed by atoms with Crippen LogP contribution in [0, 0.1) is 0 Å². The Hall–Kier alpha value is -0.610. The maximum Gasteiger partial charge on any atom is 0.248 e. The SMILES string of the molecule is CCCCCOCC(=O)N1CC[C@@H](N)C1. The van der Waals surface area contributed by atoms with Gasteiger partial charge in [-0.05, 0) is 12.8 Å². The van der Waals surface area contributed by atoms with E-state index >= 15 is 0 Å². The predicted molar refractivity (Wildman–Crippen MR) is 59.5 cm³/mol. The largest absolute Gasteiger partial charge is 0.372 e. The smallest absolute Gasteiger partial charge is 0.248 e. The standard InChI is InChI=1S/C11H22N2O2/c1-2-3-4-7-15-9-11(14)13-6-5-10(12)8-13/h10H,2-9,12H2,1H3/t10-/m1/s1. The van der Waals surface area contributed by atoms with Crippen LogP contribution in [0.3, 0.4) is 0 Å². The molecular formula is C11H22N2O2. The zero-order valence-corrected chi connectivity index (χ0v) is 9.58. The molecule has 0 unspecified atom stereocenters. The lowest BCUT2D eigenvalue weighted by Crippen LogP contribution is -2.34. The minimum Gasteiger partial charge on any atom is -0.372 e. The van der Waals surface area contributed by atoms with Crippen LogP contribution in [0.2, 0.25) is 0 Å². The van der Waals surface area contributed by atoms with Gasteiger partial charge in [-0.15, -0.1) is 0 Å². The lowest BCUT2D eigenvalue weighted by molar-refractivity contribution is -0.135. The van der Waals surface area contributed by atoms with Crippen molar-refractivity contribution in [2.24, 2.45) is 5.73 Å². The van der Waals surface area contributed by atoms with Crippen LogP contribution < -0.4 is 5.73 Å². The molecule has 1 heterocycles. The molecule has 1 amide bonds. The van der Waals surface area contributed by atoms with Gasteiger partial charge in [-0.25, -0.2) is 0 Å². The monoisotopic (exact) mass is 214 g/mol. The highest BCUT2D eigenvalue weighted by atomic mass is 16.5. The molecule has 88 valence electrons. The molecule has 0 aliphatic carbocycles. The van der Waals surface area contributed by atoms with Gasteiger partial charge < -0.3 is 15.4 Å². The Morgan fingerprint density at radius 1 is 1.53 bits per heavy atom. The fraction of sp³-hybridized carbons (Fsp3) is 0.909. The maximum atomic E-state index is 11.6. The molecule has 4 heteroatoms. The molecule has 0 bridgehead atoms. The van der Waals surface area contributed by atoms with Crippen molar-refractivity contribution in [1.82, 2.24) is 4.90 Å². The number of carbonyl (C=O) groups excluding carboxylic acids is 1. The van der Waals surface area contributed by atoms with Crippen molar-refractivity contribution < 1.29 is 9.53 Å². The van der Waals surface area contributed by atoms with E-state index < -0.39 is 0 Å². The Balaban J connectivity index is 2.03. The second kappa shape index (κ2) is 6.80. The second-order valence-electron chi connectivity index (χ2n) is 4.15. The Labute approximate surface area is 91.8 Å². The number of hydrogen-bond donors (Lipinski definition) is 1. The van der Waals surface area contributed by atoms with E-state index in [1.165, 1.54) is 12.8 Å². The summed E-state index contributed by atoms with van der Waals surface area (Å²) in [5.74, 6) is 0.0828. The van der Waals surface area contributed by atoms with Gasteiger partial charge in [-0.1, -0.05) is 19.8 Å². The summed E-state index contributed by atoms with van der Waals surface area (Å²) in [5, 5.41) is 0. The van der Waals surface area contributed by atoms with Crippen LogP contribution >= 0.6 is 0 Å². The number of hydrogen-bond acceptors (Lipinski definition) is 3. The van der Waals surface area contributed by atoms with Crippen molar-refractivity contribution in [3.8, 4) is 0 Å². The van der Waals surface area contributed by atoms with Crippen LogP contribution in [0.25, 0.3) is 0 Å². The van der Waals surface area contributed by atoms with E-state index in [9.17, 15) is 4.79 Å². The molecule has 2 N–H and O–H groups in total. The van der Waals surface area contributed by atoms with Gasteiger partial charge in [0.2, 0.25) is 5.91 Å². The van der Waals surface area contributed by atoms with E-state index in [1.807, 2.05) is 0 Å². The molecule has 0 aromatic carbocycles. The molecular weight excluding hydrogens is 192 g/mol. The van der Waals surface area contributed by atoms with Crippen molar-refractivity contribution in [3.05, 3.63) is 0 Å². The normalized spacial score (nSPS) is 20.9. The number of nitrogens with two attached hydrogens (primary N) is 1. The third kappa shape index (κ3) is 4.62. The summed E-state index contributed by atoms with van der Waals surface area (Å²) in [7, 11) is 0. The van der Waals surface area contributed by atoms with Gasteiger partial charge in [0.25, 0.3) is 0 Å². The lowest BCUT2D eigenvalue weighted by atomic mass is 10.3. The van der Waals surface area contributed by atoms with Crippen molar-refractivity contribution >= 4 is 5.91 Å². The highest BCUT2D eigenvalue weighted by Crippen LogP contribution is 2.07. The minimum atomic E-state index is 0.0828. The Kier molecular flexibility index (Phi) is 5.65. The number of rotatable bonds is 6. The first-order valence-corrected chi connectivity index (χ1v) is 5.85. The molecule has 0 aromatic rings. The van der Waals surface area contributed by atoms with Crippen LogP contribution in [-0.4, -0.2) is 43.2 Å². The van der Waals surface area contributed by atoms with Crippen molar-refractivity contribution in [1.29, 1.82) is 0 Å². The number of ether oxygens (including phenoxy) is 1. The van der Waals surface area contributed by atoms with Crippen molar-refractivity contribution in [3.63, 3.8) is 0 Å². The van der Waals surface area contributed by atoms with Crippen LogP contribution in [0.1, 0.15) is 32.6 Å². The molecule has 1 saturated heterocycles. The molecule has 15 heavy (non-hydrogen) atoms. The van der Waals surface area contributed by atoms with Gasteiger partial charge in [0.15, 0.2) is 0 Å². The molecule has 1 aliphatic heterocycles. The first kappa shape index (κ1) is 12.5. The van der Waals surface area contributed by atoms with Crippen molar-refractivity contribution in [2.45, 2.75) is 38.6 Å². The fourth-order valence-corrected chi connectivity index (χ4v) is 1.72. The highest BCUT2D eigenvalue weighted by Gasteiger charge is 2.23. The Bertz CT molecular complexity index is 197. The molecule has 1 atom stereocenters. The number of unbranched alkanes of at least 4 members (excludes halogenated alkanes) is 2. The summed E-state index contributed by atoms with van der Waals surface area (Å²) in [6.45, 7) is 4.54. The van der Waals surface area contributed by atoms with Crippen LogP contribution in [0.15, 0.2) is 0 Å². The average Bonchev–Trinajstić information content (AvgIpc) is 2.64. The molecule has 1 aliphatic rings. The molecule has 0 aromatic heterocycles. The van der Waals surface area contributed by atoms with E-state index in [1.54, 1.807) is 4.90 Å². The lowest BCUT2D eigenvalue weighted by Gasteiger charge is -2.15. The zero-order valence-electron chi connectivity index (χ0n) is 9.58. The Morgan fingerprint density at radius 3 is 2.93 bits per heavy atom. The fourth-order valence-electron chi connectivity index (χ4n) is 1.72.